The van der Waals surface area contributed by atoms with Gasteiger partial charge in [0, 0.05) is 18.0 Å². The smallest absolute Gasteiger partial charge is 0.369 e. The van der Waals surface area contributed by atoms with Crippen LogP contribution in [-0.2, 0) is 14.6 Å². The first kappa shape index (κ1) is 11.9. The Bertz CT molecular complexity index is 566. The third-order valence-electron chi connectivity index (χ3n) is 2.13. The molecule has 1 aliphatic rings. The number of aliphatic carboxylic acids is 1. The largest absolute Gasteiger partial charge is 0.477 e. The van der Waals surface area contributed by atoms with Gasteiger partial charge in [-0.3, -0.25) is 14.3 Å². The first-order valence-corrected chi connectivity index (χ1v) is 5.50. The summed E-state index contributed by atoms with van der Waals surface area (Å²) in [6.07, 6.45) is -0.268. The fourth-order valence-electron chi connectivity index (χ4n) is 1.43. The maximum atomic E-state index is 11.5. The normalized spacial score (nSPS) is 28.2. The minimum absolute atomic E-state index is 0.0118. The van der Waals surface area contributed by atoms with E-state index < -0.39 is 28.6 Å². The summed E-state index contributed by atoms with van der Waals surface area (Å²) in [4.78, 5) is 35.5. The van der Waals surface area contributed by atoms with E-state index in [-0.39, 0.29) is 5.75 Å². The predicted molar refractivity (Wildman–Crippen MR) is 56.5 cm³/mol. The molecule has 17 heavy (non-hydrogen) atoms. The van der Waals surface area contributed by atoms with Gasteiger partial charge in [0.15, 0.2) is 6.29 Å². The molecule has 1 aliphatic heterocycles. The summed E-state index contributed by atoms with van der Waals surface area (Å²) in [5, 5.41) is 16.3. The molecule has 2 heterocycles. The SMILES string of the molecule is O=C(O)[C@@]1(n2ccc(=O)[nH]c2=O)O[C@@H](O)CS1. The number of carboxylic acids is 1. The van der Waals surface area contributed by atoms with Crippen molar-refractivity contribution in [1.29, 1.82) is 0 Å². The van der Waals surface area contributed by atoms with Crippen molar-refractivity contribution < 1.29 is 19.7 Å². The molecule has 92 valence electrons. The number of carbonyl (C=O) groups is 1. The molecule has 3 N–H and O–H groups in total. The highest BCUT2D eigenvalue weighted by Crippen LogP contribution is 2.39. The zero-order valence-electron chi connectivity index (χ0n) is 8.32. The molecule has 1 fully saturated rings. The summed E-state index contributed by atoms with van der Waals surface area (Å²) >= 11 is 0.748. The maximum absolute atomic E-state index is 11.5. The maximum Gasteiger partial charge on any atom is 0.369 e. The monoisotopic (exact) mass is 260 g/mol. The van der Waals surface area contributed by atoms with Crippen LogP contribution in [0.15, 0.2) is 21.9 Å². The molecule has 0 radical (unpaired) electrons. The number of hydrogen-bond donors (Lipinski definition) is 3. The first-order chi connectivity index (χ1) is 7.95. The molecule has 0 bridgehead atoms. The van der Waals surface area contributed by atoms with Gasteiger partial charge < -0.3 is 14.9 Å². The molecule has 2 rings (SSSR count). The zero-order valence-corrected chi connectivity index (χ0v) is 9.14. The standard InChI is InChI=1S/C8H8N2O6S/c11-4-1-2-10(7(15)9-4)8(6(13)14)16-5(12)3-17-8/h1-2,5,12H,3H2,(H,13,14)(H,9,11,15)/t5-,8-/m1/s1. The summed E-state index contributed by atoms with van der Waals surface area (Å²) in [6, 6.07) is 1.00. The molecular formula is C8H8N2O6S. The molecule has 0 unspecified atom stereocenters. The minimum atomic E-state index is -2.04. The number of aliphatic hydroxyl groups excluding tert-OH is 1. The Morgan fingerprint density at radius 2 is 2.35 bits per heavy atom. The number of thioether (sulfide) groups is 1. The Kier molecular flexibility index (Phi) is 2.81. The van der Waals surface area contributed by atoms with Crippen LogP contribution in [0.25, 0.3) is 0 Å². The predicted octanol–water partition coefficient (Wildman–Crippen LogP) is -1.69. The van der Waals surface area contributed by atoms with Gasteiger partial charge in [-0.15, -0.1) is 0 Å². The number of hydrogen-bond acceptors (Lipinski definition) is 6. The van der Waals surface area contributed by atoms with Crippen molar-refractivity contribution in [1.82, 2.24) is 9.55 Å². The summed E-state index contributed by atoms with van der Waals surface area (Å²) in [7, 11) is 0. The van der Waals surface area contributed by atoms with E-state index in [1.54, 1.807) is 0 Å². The van der Waals surface area contributed by atoms with Gasteiger partial charge in [0.1, 0.15) is 0 Å². The number of aromatic nitrogens is 2. The van der Waals surface area contributed by atoms with Gasteiger partial charge in [-0.05, 0) is 0 Å². The molecule has 8 nitrogen and oxygen atoms in total. The first-order valence-electron chi connectivity index (χ1n) is 4.51. The van der Waals surface area contributed by atoms with E-state index in [0.29, 0.717) is 0 Å². The Hall–Kier alpha value is -1.58. The quantitative estimate of drug-likeness (QED) is 0.580. The van der Waals surface area contributed by atoms with Crippen molar-refractivity contribution in [2.75, 3.05) is 5.75 Å². The Labute approximate surface area is 97.8 Å². The second-order valence-electron chi connectivity index (χ2n) is 3.25. The van der Waals surface area contributed by atoms with E-state index >= 15 is 0 Å². The molecule has 1 aromatic rings. The molecule has 2 atom stereocenters. The molecule has 1 aromatic heterocycles. The van der Waals surface area contributed by atoms with Crippen molar-refractivity contribution >= 4 is 17.7 Å². The van der Waals surface area contributed by atoms with Crippen molar-refractivity contribution in [2.24, 2.45) is 0 Å². The lowest BCUT2D eigenvalue weighted by molar-refractivity contribution is -0.188. The van der Waals surface area contributed by atoms with E-state index in [0.717, 1.165) is 28.6 Å². The molecule has 0 aliphatic carbocycles. The van der Waals surface area contributed by atoms with Crippen molar-refractivity contribution in [3.63, 3.8) is 0 Å². The second kappa shape index (κ2) is 4.02. The van der Waals surface area contributed by atoms with Gasteiger partial charge in [0.25, 0.3) is 5.56 Å². The zero-order chi connectivity index (χ0) is 12.6. The number of nitrogens with zero attached hydrogens (tertiary/aromatic N) is 1. The third-order valence-corrected chi connectivity index (χ3v) is 3.44. The number of carboxylic acid groups (broad SMARTS) is 1. The molecule has 0 amide bonds. The summed E-state index contributed by atoms with van der Waals surface area (Å²) < 4.78 is 5.60. The van der Waals surface area contributed by atoms with Gasteiger partial charge in [-0.2, -0.15) is 0 Å². The highest BCUT2D eigenvalue weighted by molar-refractivity contribution is 8.00. The lowest BCUT2D eigenvalue weighted by Crippen LogP contribution is -2.47. The van der Waals surface area contributed by atoms with Crippen LogP contribution in [0.4, 0.5) is 0 Å². The van der Waals surface area contributed by atoms with Crippen molar-refractivity contribution in [2.45, 2.75) is 11.3 Å². The lowest BCUT2D eigenvalue weighted by Gasteiger charge is -2.24. The van der Waals surface area contributed by atoms with Gasteiger partial charge in [0.2, 0.25) is 0 Å². The van der Waals surface area contributed by atoms with Crippen LogP contribution in [-0.4, -0.2) is 37.8 Å². The van der Waals surface area contributed by atoms with Gasteiger partial charge in [-0.25, -0.2) is 9.59 Å². The Morgan fingerprint density at radius 3 is 2.82 bits per heavy atom. The number of nitrogens with one attached hydrogen (secondary N) is 1. The van der Waals surface area contributed by atoms with Crippen molar-refractivity contribution in [3.8, 4) is 0 Å². The van der Waals surface area contributed by atoms with Gasteiger partial charge in [0.05, 0.1) is 0 Å². The third kappa shape index (κ3) is 1.88. The summed E-state index contributed by atoms with van der Waals surface area (Å²) in [5.41, 5.74) is -1.56. The van der Waals surface area contributed by atoms with Gasteiger partial charge >= 0.3 is 16.7 Å². The summed E-state index contributed by atoms with van der Waals surface area (Å²) in [6.45, 7) is 0. The Morgan fingerprint density at radius 1 is 1.65 bits per heavy atom. The van der Waals surface area contributed by atoms with E-state index in [1.165, 1.54) is 0 Å². The van der Waals surface area contributed by atoms with Crippen LogP contribution in [0, 0.1) is 0 Å². The van der Waals surface area contributed by atoms with E-state index in [4.69, 9.17) is 9.84 Å². The number of aliphatic hydroxyl groups is 1. The van der Waals surface area contributed by atoms with E-state index in [2.05, 4.69) is 0 Å². The number of H-pyrrole nitrogens is 1. The molecule has 9 heteroatoms. The number of rotatable bonds is 2. The van der Waals surface area contributed by atoms with Crippen LogP contribution >= 0.6 is 11.8 Å². The molecule has 0 spiro atoms. The molecule has 0 aromatic carbocycles. The van der Waals surface area contributed by atoms with E-state index in [9.17, 15) is 19.5 Å². The van der Waals surface area contributed by atoms with Crippen LogP contribution in [0.3, 0.4) is 0 Å². The second-order valence-corrected chi connectivity index (χ2v) is 4.43. The average molecular weight is 260 g/mol. The van der Waals surface area contributed by atoms with Crippen LogP contribution in [0.2, 0.25) is 0 Å². The fraction of sp³-hybridized carbons (Fsp3) is 0.375. The lowest BCUT2D eigenvalue weighted by atomic mass is 10.5. The van der Waals surface area contributed by atoms with Crippen LogP contribution in [0.5, 0.6) is 0 Å². The molecule has 0 saturated carbocycles. The summed E-state index contributed by atoms with van der Waals surface area (Å²) in [5.74, 6) is -1.43. The van der Waals surface area contributed by atoms with Gasteiger partial charge in [-0.1, -0.05) is 11.8 Å². The topological polar surface area (TPSA) is 122 Å². The fourth-order valence-corrected chi connectivity index (χ4v) is 2.45. The minimum Gasteiger partial charge on any atom is -0.477 e. The van der Waals surface area contributed by atoms with Crippen LogP contribution in [0.1, 0.15) is 0 Å². The van der Waals surface area contributed by atoms with Crippen LogP contribution < -0.4 is 11.2 Å². The molecule has 1 saturated heterocycles. The van der Waals surface area contributed by atoms with Crippen molar-refractivity contribution in [3.05, 3.63) is 33.1 Å². The number of ether oxygens (including phenoxy) is 1. The van der Waals surface area contributed by atoms with E-state index in [1.807, 2.05) is 4.98 Å². The highest BCUT2D eigenvalue weighted by atomic mass is 32.2. The average Bonchev–Trinajstić information content (AvgIpc) is 2.61. The highest BCUT2D eigenvalue weighted by Gasteiger charge is 2.50. The molecular weight excluding hydrogens is 252 g/mol. The Balaban J connectivity index is 2.59. The number of aromatic amines is 1.